The van der Waals surface area contributed by atoms with Gasteiger partial charge in [0.05, 0.1) is 15.8 Å². The Bertz CT molecular complexity index is 1220. The first kappa shape index (κ1) is 20.4. The van der Waals surface area contributed by atoms with Crippen LogP contribution in [0, 0.1) is 0 Å². The highest BCUT2D eigenvalue weighted by Gasteiger charge is 2.19. The molecule has 1 heterocycles. The number of carbonyl (C=O) groups excluding carboxylic acids is 1. The van der Waals surface area contributed by atoms with Crippen molar-refractivity contribution in [3.8, 4) is 22.4 Å². The molecule has 8 heteroatoms. The second kappa shape index (κ2) is 9.27. The summed E-state index contributed by atoms with van der Waals surface area (Å²) in [5.74, 6) is 1.20. The standard InChI is InChI=1S/C23H19N3O4S/c1-24-22(27)21(26-28-2)17-10-3-5-12-19(17)29-15-8-7-9-16(14-15)30-23-25-18-11-4-6-13-20(18)31-23/h3-14H,1-2H3,(H,24,27)/b26-21-. The van der Waals surface area contributed by atoms with Crippen LogP contribution in [0.1, 0.15) is 5.56 Å². The summed E-state index contributed by atoms with van der Waals surface area (Å²) >= 11 is 1.47. The Morgan fingerprint density at radius 3 is 2.48 bits per heavy atom. The lowest BCUT2D eigenvalue weighted by Gasteiger charge is -2.12. The fraction of sp³-hybridized carbons (Fsp3) is 0.0870. The molecule has 31 heavy (non-hydrogen) atoms. The molecule has 0 saturated carbocycles. The average Bonchev–Trinajstić information content (AvgIpc) is 3.20. The van der Waals surface area contributed by atoms with Crippen molar-refractivity contribution in [1.29, 1.82) is 0 Å². The number of hydrogen-bond donors (Lipinski definition) is 1. The van der Waals surface area contributed by atoms with Crippen LogP contribution in [0.2, 0.25) is 0 Å². The van der Waals surface area contributed by atoms with Crippen LogP contribution < -0.4 is 14.8 Å². The molecule has 0 aliphatic carbocycles. The summed E-state index contributed by atoms with van der Waals surface area (Å²) in [6, 6.07) is 22.2. The number of amides is 1. The maximum Gasteiger partial charge on any atom is 0.279 e. The molecule has 1 N–H and O–H groups in total. The topological polar surface area (TPSA) is 82.0 Å². The third-order valence-electron chi connectivity index (χ3n) is 4.28. The number of benzene rings is 3. The molecular formula is C23H19N3O4S. The lowest BCUT2D eigenvalue weighted by molar-refractivity contribution is -0.114. The van der Waals surface area contributed by atoms with Gasteiger partial charge in [-0.15, -0.1) is 0 Å². The summed E-state index contributed by atoms with van der Waals surface area (Å²) in [5, 5.41) is 6.96. The molecular weight excluding hydrogens is 414 g/mol. The Hall–Kier alpha value is -3.91. The quantitative estimate of drug-likeness (QED) is 0.328. The third kappa shape index (κ3) is 4.65. The highest BCUT2D eigenvalue weighted by Crippen LogP contribution is 2.34. The number of nitrogens with one attached hydrogen (secondary N) is 1. The smallest absolute Gasteiger partial charge is 0.279 e. The van der Waals surface area contributed by atoms with E-state index >= 15 is 0 Å². The molecule has 0 aliphatic rings. The van der Waals surface area contributed by atoms with E-state index in [1.165, 1.54) is 25.5 Å². The highest BCUT2D eigenvalue weighted by molar-refractivity contribution is 7.20. The number of aromatic nitrogens is 1. The lowest BCUT2D eigenvalue weighted by Crippen LogP contribution is -2.28. The van der Waals surface area contributed by atoms with Gasteiger partial charge in [0.25, 0.3) is 11.1 Å². The largest absolute Gasteiger partial charge is 0.457 e. The van der Waals surface area contributed by atoms with Crippen molar-refractivity contribution < 1.29 is 19.1 Å². The van der Waals surface area contributed by atoms with Crippen molar-refractivity contribution >= 4 is 33.2 Å². The van der Waals surface area contributed by atoms with E-state index in [1.807, 2.05) is 42.5 Å². The van der Waals surface area contributed by atoms with E-state index in [1.54, 1.807) is 30.3 Å². The maximum absolute atomic E-state index is 12.2. The first-order valence-electron chi connectivity index (χ1n) is 9.42. The van der Waals surface area contributed by atoms with Gasteiger partial charge in [-0.2, -0.15) is 0 Å². The highest BCUT2D eigenvalue weighted by atomic mass is 32.1. The van der Waals surface area contributed by atoms with E-state index in [9.17, 15) is 4.79 Å². The second-order valence-corrected chi connectivity index (χ2v) is 7.32. The number of fused-ring (bicyclic) bond motifs is 1. The van der Waals surface area contributed by atoms with Crippen LogP contribution in [-0.2, 0) is 9.63 Å². The van der Waals surface area contributed by atoms with Gasteiger partial charge in [-0.05, 0) is 36.4 Å². The first-order valence-corrected chi connectivity index (χ1v) is 10.2. The van der Waals surface area contributed by atoms with Crippen molar-refractivity contribution in [1.82, 2.24) is 10.3 Å². The SMILES string of the molecule is CNC(=O)/C(=N\OC)c1ccccc1Oc1cccc(Oc2nc3ccccc3s2)c1. The molecule has 156 valence electrons. The Balaban J connectivity index is 1.59. The molecule has 1 amide bonds. The molecule has 0 bridgehead atoms. The van der Waals surface area contributed by atoms with Gasteiger partial charge >= 0.3 is 0 Å². The van der Waals surface area contributed by atoms with Gasteiger partial charge < -0.3 is 19.6 Å². The Morgan fingerprint density at radius 1 is 0.968 bits per heavy atom. The number of oxime groups is 1. The van der Waals surface area contributed by atoms with Crippen molar-refractivity contribution in [3.63, 3.8) is 0 Å². The Morgan fingerprint density at radius 2 is 1.71 bits per heavy atom. The summed E-state index contributed by atoms with van der Waals surface area (Å²) in [5.41, 5.74) is 1.51. The number of hydrogen-bond acceptors (Lipinski definition) is 7. The van der Waals surface area contributed by atoms with Crippen LogP contribution in [0.5, 0.6) is 22.4 Å². The second-order valence-electron chi connectivity index (χ2n) is 6.32. The number of para-hydroxylation sites is 2. The van der Waals surface area contributed by atoms with E-state index in [-0.39, 0.29) is 11.6 Å². The number of ether oxygens (including phenoxy) is 2. The predicted molar refractivity (Wildman–Crippen MR) is 120 cm³/mol. The molecule has 0 aliphatic heterocycles. The van der Waals surface area contributed by atoms with Crippen molar-refractivity contribution in [2.24, 2.45) is 5.16 Å². The minimum absolute atomic E-state index is 0.113. The molecule has 0 radical (unpaired) electrons. The first-order chi connectivity index (χ1) is 15.2. The fourth-order valence-electron chi connectivity index (χ4n) is 2.90. The molecule has 1 aromatic heterocycles. The summed E-state index contributed by atoms with van der Waals surface area (Å²) in [7, 11) is 2.91. The normalized spacial score (nSPS) is 11.2. The number of thiazole rings is 1. The van der Waals surface area contributed by atoms with Crippen LogP contribution in [-0.4, -0.2) is 30.8 Å². The molecule has 0 fully saturated rings. The minimum Gasteiger partial charge on any atom is -0.457 e. The van der Waals surface area contributed by atoms with Gasteiger partial charge in [0, 0.05) is 13.1 Å². The lowest BCUT2D eigenvalue weighted by atomic mass is 10.1. The monoisotopic (exact) mass is 433 g/mol. The molecule has 3 aromatic carbocycles. The van der Waals surface area contributed by atoms with Crippen molar-refractivity contribution in [3.05, 3.63) is 78.4 Å². The number of rotatable bonds is 7. The summed E-state index contributed by atoms with van der Waals surface area (Å²) in [4.78, 5) is 21.6. The molecule has 4 aromatic rings. The van der Waals surface area contributed by atoms with Gasteiger partial charge in [0.2, 0.25) is 0 Å². The Kier molecular flexibility index (Phi) is 6.09. The molecule has 0 saturated heterocycles. The summed E-state index contributed by atoms with van der Waals surface area (Å²) < 4.78 is 13.0. The maximum atomic E-state index is 12.2. The Labute approximate surface area is 182 Å². The van der Waals surface area contributed by atoms with Gasteiger partial charge in [-0.1, -0.05) is 46.8 Å². The van der Waals surface area contributed by atoms with Crippen LogP contribution >= 0.6 is 11.3 Å². The molecule has 0 spiro atoms. The summed E-state index contributed by atoms with van der Waals surface area (Å²) in [6.45, 7) is 0. The van der Waals surface area contributed by atoms with Crippen LogP contribution in [0.4, 0.5) is 0 Å². The molecule has 0 unspecified atom stereocenters. The van der Waals surface area contributed by atoms with Crippen molar-refractivity contribution in [2.45, 2.75) is 0 Å². The van der Waals surface area contributed by atoms with E-state index in [4.69, 9.17) is 14.3 Å². The number of carbonyl (C=O) groups is 1. The predicted octanol–water partition coefficient (Wildman–Crippen LogP) is 4.98. The molecule has 7 nitrogen and oxygen atoms in total. The fourth-order valence-corrected chi connectivity index (χ4v) is 3.73. The van der Waals surface area contributed by atoms with Gasteiger partial charge in [-0.25, -0.2) is 4.98 Å². The van der Waals surface area contributed by atoms with Crippen LogP contribution in [0.25, 0.3) is 10.2 Å². The van der Waals surface area contributed by atoms with Gasteiger partial charge in [-0.3, -0.25) is 4.79 Å². The minimum atomic E-state index is -0.384. The van der Waals surface area contributed by atoms with E-state index in [2.05, 4.69) is 15.5 Å². The molecule has 4 rings (SSSR count). The van der Waals surface area contributed by atoms with E-state index < -0.39 is 0 Å². The van der Waals surface area contributed by atoms with E-state index in [0.29, 0.717) is 28.0 Å². The number of likely N-dealkylation sites (N-methyl/N-ethyl adjacent to an activating group) is 1. The van der Waals surface area contributed by atoms with Crippen LogP contribution in [0.3, 0.4) is 0 Å². The summed E-state index contributed by atoms with van der Waals surface area (Å²) in [6.07, 6.45) is 0. The number of nitrogens with zero attached hydrogens (tertiary/aromatic N) is 2. The zero-order valence-corrected chi connectivity index (χ0v) is 17.7. The molecule has 0 atom stereocenters. The van der Waals surface area contributed by atoms with Crippen molar-refractivity contribution in [2.75, 3.05) is 14.2 Å². The zero-order valence-electron chi connectivity index (χ0n) is 16.9. The van der Waals surface area contributed by atoms with Gasteiger partial charge in [0.1, 0.15) is 24.4 Å². The third-order valence-corrected chi connectivity index (χ3v) is 5.19. The average molecular weight is 433 g/mol. The van der Waals surface area contributed by atoms with E-state index in [0.717, 1.165) is 10.2 Å². The van der Waals surface area contributed by atoms with Crippen LogP contribution in [0.15, 0.2) is 78.0 Å². The zero-order chi connectivity index (χ0) is 21.6. The van der Waals surface area contributed by atoms with Gasteiger partial charge in [0.15, 0.2) is 5.71 Å².